The quantitative estimate of drug-likeness (QED) is 0.134. The molecule has 206 valence electrons. The molecule has 0 aromatic heterocycles. The summed E-state index contributed by atoms with van der Waals surface area (Å²) in [4.78, 5) is -0.351. The Morgan fingerprint density at radius 1 is 0.524 bits per heavy atom. The maximum Gasteiger partial charge on any atom is 0.295 e. The van der Waals surface area contributed by atoms with E-state index in [9.17, 15) is 23.2 Å². The molecule has 10 heteroatoms. The molecule has 0 aliphatic carbocycles. The summed E-state index contributed by atoms with van der Waals surface area (Å²) in [6.07, 6.45) is 0. The van der Waals surface area contributed by atoms with Crippen LogP contribution in [0.15, 0.2) is 141 Å². The lowest BCUT2D eigenvalue weighted by atomic mass is 10.0. The van der Waals surface area contributed by atoms with Crippen LogP contribution in [-0.2, 0) is 10.1 Å². The molecule has 0 fully saturated rings. The maximum absolute atomic E-state index is 12.3. The van der Waals surface area contributed by atoms with Crippen LogP contribution in [0.3, 0.4) is 0 Å². The zero-order valence-corrected chi connectivity index (χ0v) is 22.6. The van der Waals surface area contributed by atoms with E-state index >= 15 is 0 Å². The first kappa shape index (κ1) is 26.8. The second kappa shape index (κ2) is 10.8. The Hall–Kier alpha value is -5.45. The minimum absolute atomic E-state index is 0.000216. The van der Waals surface area contributed by atoms with Crippen molar-refractivity contribution in [1.29, 1.82) is 0 Å². The fourth-order valence-corrected chi connectivity index (χ4v) is 5.38. The summed E-state index contributed by atoms with van der Waals surface area (Å²) in [6, 6.07) is 32.4. The minimum atomic E-state index is -4.63. The van der Waals surface area contributed by atoms with E-state index in [1.165, 1.54) is 18.2 Å². The van der Waals surface area contributed by atoms with E-state index in [1.807, 2.05) is 42.5 Å². The van der Waals surface area contributed by atoms with Gasteiger partial charge in [-0.1, -0.05) is 78.9 Å². The molecule has 42 heavy (non-hydrogen) atoms. The van der Waals surface area contributed by atoms with Crippen LogP contribution >= 0.6 is 0 Å². The number of rotatable bonds is 6. The van der Waals surface area contributed by atoms with Crippen LogP contribution in [0.5, 0.6) is 11.5 Å². The largest absolute Gasteiger partial charge is 0.506 e. The second-order valence-corrected chi connectivity index (χ2v) is 10.8. The first-order chi connectivity index (χ1) is 20.3. The molecule has 0 atom stereocenters. The van der Waals surface area contributed by atoms with Crippen molar-refractivity contribution in [3.8, 4) is 22.6 Å². The van der Waals surface area contributed by atoms with Crippen LogP contribution in [-0.4, -0.2) is 23.2 Å². The number of fused-ring (bicyclic) bond motifs is 2. The number of benzene rings is 6. The van der Waals surface area contributed by atoms with E-state index in [1.54, 1.807) is 54.6 Å². The molecule has 0 saturated heterocycles. The van der Waals surface area contributed by atoms with Crippen molar-refractivity contribution < 1.29 is 23.2 Å². The van der Waals surface area contributed by atoms with Crippen LogP contribution in [0.2, 0.25) is 0 Å². The van der Waals surface area contributed by atoms with Crippen molar-refractivity contribution in [1.82, 2.24) is 0 Å². The summed E-state index contributed by atoms with van der Waals surface area (Å²) in [5, 5.41) is 40.6. The molecule has 6 aromatic carbocycles. The van der Waals surface area contributed by atoms with Crippen molar-refractivity contribution in [2.24, 2.45) is 20.5 Å². The van der Waals surface area contributed by atoms with Crippen LogP contribution in [0.4, 0.5) is 22.7 Å². The van der Waals surface area contributed by atoms with Gasteiger partial charge >= 0.3 is 0 Å². The van der Waals surface area contributed by atoms with Gasteiger partial charge in [-0.05, 0) is 52.7 Å². The van der Waals surface area contributed by atoms with E-state index < -0.39 is 10.1 Å². The number of hydrogen-bond acceptors (Lipinski definition) is 8. The molecule has 0 amide bonds. The van der Waals surface area contributed by atoms with Gasteiger partial charge in [0.15, 0.2) is 0 Å². The van der Waals surface area contributed by atoms with E-state index in [4.69, 9.17) is 0 Å². The molecule has 6 rings (SSSR count). The number of nitrogens with zero attached hydrogens (tertiary/aromatic N) is 4. The van der Waals surface area contributed by atoms with E-state index in [-0.39, 0.29) is 33.3 Å². The highest BCUT2D eigenvalue weighted by Gasteiger charge is 2.18. The molecule has 9 nitrogen and oxygen atoms in total. The Bertz CT molecular complexity index is 2140. The average molecular weight is 575 g/mol. The Kier molecular flexibility index (Phi) is 6.91. The highest BCUT2D eigenvalue weighted by atomic mass is 32.2. The molecular formula is C32H22N4O5S. The lowest BCUT2D eigenvalue weighted by Crippen LogP contribution is -2.00. The molecule has 0 aliphatic rings. The zero-order valence-electron chi connectivity index (χ0n) is 21.8. The summed E-state index contributed by atoms with van der Waals surface area (Å²) < 4.78 is 34.7. The van der Waals surface area contributed by atoms with Crippen LogP contribution in [0, 0.1) is 0 Å². The summed E-state index contributed by atoms with van der Waals surface area (Å²) in [5.41, 5.74) is 1.97. The van der Waals surface area contributed by atoms with Gasteiger partial charge in [-0.15, -0.1) is 10.2 Å². The monoisotopic (exact) mass is 574 g/mol. The number of aromatic hydroxyl groups is 2. The smallest absolute Gasteiger partial charge is 0.295 e. The van der Waals surface area contributed by atoms with Gasteiger partial charge in [0.1, 0.15) is 27.8 Å². The lowest BCUT2D eigenvalue weighted by molar-refractivity contribution is 0.476. The zero-order chi connectivity index (χ0) is 29.3. The Morgan fingerprint density at radius 3 is 1.57 bits per heavy atom. The molecule has 0 spiro atoms. The third kappa shape index (κ3) is 5.31. The molecule has 0 bridgehead atoms. The van der Waals surface area contributed by atoms with Gasteiger partial charge in [0.2, 0.25) is 0 Å². The van der Waals surface area contributed by atoms with Gasteiger partial charge in [0.25, 0.3) is 10.1 Å². The highest BCUT2D eigenvalue weighted by Crippen LogP contribution is 2.38. The normalized spacial score (nSPS) is 12.1. The maximum atomic E-state index is 12.3. The summed E-state index contributed by atoms with van der Waals surface area (Å²) in [5.74, 6) is -0.0725. The predicted octanol–water partition coefficient (Wildman–Crippen LogP) is 9.15. The first-order valence-electron chi connectivity index (χ1n) is 12.7. The summed E-state index contributed by atoms with van der Waals surface area (Å²) >= 11 is 0. The molecule has 0 unspecified atom stereocenters. The van der Waals surface area contributed by atoms with Crippen LogP contribution in [0.25, 0.3) is 32.7 Å². The molecule has 3 N–H and O–H groups in total. The van der Waals surface area contributed by atoms with Gasteiger partial charge in [-0.25, -0.2) is 0 Å². The van der Waals surface area contributed by atoms with Gasteiger partial charge in [-0.3, -0.25) is 4.55 Å². The topological polar surface area (TPSA) is 144 Å². The van der Waals surface area contributed by atoms with Crippen molar-refractivity contribution in [3.05, 3.63) is 115 Å². The van der Waals surface area contributed by atoms with E-state index in [2.05, 4.69) is 20.5 Å². The summed E-state index contributed by atoms with van der Waals surface area (Å²) in [6.45, 7) is 0. The van der Waals surface area contributed by atoms with E-state index in [0.29, 0.717) is 22.3 Å². The molecule has 0 aliphatic heterocycles. The fraction of sp³-hybridized carbons (Fsp3) is 0. The minimum Gasteiger partial charge on any atom is -0.506 e. The summed E-state index contributed by atoms with van der Waals surface area (Å²) in [7, 11) is -4.63. The molecule has 6 aromatic rings. The second-order valence-electron chi connectivity index (χ2n) is 9.41. The third-order valence-electron chi connectivity index (χ3n) is 6.71. The average Bonchev–Trinajstić information content (AvgIpc) is 3.00. The number of azo groups is 2. The number of phenolic OH excluding ortho intramolecular Hbond substituents is 2. The SMILES string of the molecule is O=S(=O)(O)c1cc(N=Nc2c(O)ccc3ccccc23)ccc1-c1ccc(N=Nc2c(O)ccc3ccccc23)cc1. The Labute approximate surface area is 240 Å². The Morgan fingerprint density at radius 2 is 1.02 bits per heavy atom. The van der Waals surface area contributed by atoms with Gasteiger partial charge in [0.05, 0.1) is 11.4 Å². The molecule has 0 heterocycles. The van der Waals surface area contributed by atoms with Gasteiger partial charge < -0.3 is 10.2 Å². The van der Waals surface area contributed by atoms with E-state index in [0.717, 1.165) is 16.2 Å². The third-order valence-corrected chi connectivity index (χ3v) is 7.60. The first-order valence-corrected chi connectivity index (χ1v) is 14.2. The van der Waals surface area contributed by atoms with Crippen molar-refractivity contribution >= 4 is 54.4 Å². The van der Waals surface area contributed by atoms with Gasteiger partial charge in [-0.2, -0.15) is 18.6 Å². The number of hydrogen-bond donors (Lipinski definition) is 3. The van der Waals surface area contributed by atoms with Crippen molar-refractivity contribution in [3.63, 3.8) is 0 Å². The fourth-order valence-electron chi connectivity index (χ4n) is 4.65. The predicted molar refractivity (Wildman–Crippen MR) is 161 cm³/mol. The Balaban J connectivity index is 1.31. The molecule has 0 saturated carbocycles. The van der Waals surface area contributed by atoms with Crippen molar-refractivity contribution in [2.45, 2.75) is 4.90 Å². The molecule has 0 radical (unpaired) electrons. The van der Waals surface area contributed by atoms with Gasteiger partial charge in [0, 0.05) is 16.3 Å². The lowest BCUT2D eigenvalue weighted by Gasteiger charge is -2.09. The number of phenols is 2. The standard InChI is InChI=1S/C32H22N4O5S/c37-28-17-11-20-5-1-3-7-26(20)31(28)35-33-23-13-9-22(10-14-23)25-16-15-24(19-30(25)42(39,40)41)34-36-32-27-8-4-2-6-21(27)12-18-29(32)38/h1-19,37-38H,(H,39,40,41). The van der Waals surface area contributed by atoms with Crippen LogP contribution in [0.1, 0.15) is 0 Å². The van der Waals surface area contributed by atoms with Crippen LogP contribution < -0.4 is 0 Å². The molecular weight excluding hydrogens is 552 g/mol. The highest BCUT2D eigenvalue weighted by molar-refractivity contribution is 7.86. The van der Waals surface area contributed by atoms with Crippen molar-refractivity contribution in [2.75, 3.05) is 0 Å².